The van der Waals surface area contributed by atoms with Gasteiger partial charge in [-0.1, -0.05) is 332 Å². The Balaban J connectivity index is 3.81. The zero-order chi connectivity index (χ0) is 57.3. The molecule has 2 unspecified atom stereocenters. The first kappa shape index (κ1) is 77.0. The number of hydrogen-bond donors (Lipinski definition) is 2. The van der Waals surface area contributed by atoms with E-state index < -0.39 is 26.5 Å². The summed E-state index contributed by atoms with van der Waals surface area (Å²) in [5, 5.41) is 0. The van der Waals surface area contributed by atoms with Gasteiger partial charge in [-0.25, -0.2) is 4.57 Å². The van der Waals surface area contributed by atoms with Gasteiger partial charge in [0.1, 0.15) is 6.61 Å². The number of hydrogen-bond acceptors (Lipinski definition) is 8. The van der Waals surface area contributed by atoms with E-state index in [2.05, 4.69) is 62.5 Å². The summed E-state index contributed by atoms with van der Waals surface area (Å²) in [6, 6.07) is 0. The third-order valence-electron chi connectivity index (χ3n) is 15.2. The molecule has 0 bridgehead atoms. The zero-order valence-electron chi connectivity index (χ0n) is 52.1. The van der Waals surface area contributed by atoms with E-state index in [0.717, 1.165) is 57.8 Å². The second-order valence-corrected chi connectivity index (χ2v) is 24.5. The van der Waals surface area contributed by atoms with Crippen LogP contribution in [0.15, 0.2) is 48.6 Å². The maximum absolute atomic E-state index is 12.8. The second kappa shape index (κ2) is 65.1. The maximum atomic E-state index is 12.8. The number of ether oxygens (including phenoxy) is 2. The minimum Gasteiger partial charge on any atom is -0.462 e. The van der Waals surface area contributed by atoms with Crippen molar-refractivity contribution >= 4 is 19.8 Å². The average molecular weight is 1130 g/mol. The van der Waals surface area contributed by atoms with Crippen molar-refractivity contribution in [2.75, 3.05) is 26.4 Å². The first-order valence-corrected chi connectivity index (χ1v) is 35.6. The first-order chi connectivity index (χ1) is 38.8. The summed E-state index contributed by atoms with van der Waals surface area (Å²) in [4.78, 5) is 35.3. The summed E-state index contributed by atoms with van der Waals surface area (Å²) in [6.07, 6.45) is 82.1. The lowest BCUT2D eigenvalue weighted by atomic mass is 10.0. The highest BCUT2D eigenvalue weighted by Gasteiger charge is 2.26. The number of phosphoric ester groups is 1. The van der Waals surface area contributed by atoms with E-state index in [-0.39, 0.29) is 38.6 Å². The maximum Gasteiger partial charge on any atom is 0.472 e. The van der Waals surface area contributed by atoms with Gasteiger partial charge in [0.05, 0.1) is 13.2 Å². The Kier molecular flexibility index (Phi) is 63.5. The van der Waals surface area contributed by atoms with Crippen molar-refractivity contribution in [3.63, 3.8) is 0 Å². The molecule has 2 atom stereocenters. The van der Waals surface area contributed by atoms with Crippen LogP contribution in [-0.4, -0.2) is 49.3 Å². The molecular formula is C69H130NO8P. The molecule has 3 N–H and O–H groups in total. The van der Waals surface area contributed by atoms with Gasteiger partial charge in [-0.05, 0) is 51.4 Å². The molecule has 0 spiro atoms. The molecular weight excluding hydrogens is 1000 g/mol. The lowest BCUT2D eigenvalue weighted by molar-refractivity contribution is -0.161. The molecule has 0 heterocycles. The molecule has 0 aliphatic carbocycles. The van der Waals surface area contributed by atoms with Crippen LogP contribution >= 0.6 is 7.82 Å². The fourth-order valence-corrected chi connectivity index (χ4v) is 11.0. The van der Waals surface area contributed by atoms with Crippen molar-refractivity contribution in [2.24, 2.45) is 5.73 Å². The van der Waals surface area contributed by atoms with Crippen LogP contribution < -0.4 is 5.73 Å². The molecule has 464 valence electrons. The molecule has 10 heteroatoms. The number of rotatable bonds is 65. The Morgan fingerprint density at radius 1 is 0.392 bits per heavy atom. The van der Waals surface area contributed by atoms with Crippen LogP contribution in [0, 0.1) is 0 Å². The number of carbonyl (C=O) groups is 2. The van der Waals surface area contributed by atoms with Crippen LogP contribution in [0.5, 0.6) is 0 Å². The zero-order valence-corrected chi connectivity index (χ0v) is 53.0. The van der Waals surface area contributed by atoms with Gasteiger partial charge in [0.15, 0.2) is 6.10 Å². The lowest BCUT2D eigenvalue weighted by Gasteiger charge is -2.19. The molecule has 0 aliphatic heterocycles. The molecule has 0 radical (unpaired) electrons. The summed E-state index contributed by atoms with van der Waals surface area (Å²) >= 11 is 0. The van der Waals surface area contributed by atoms with E-state index in [1.54, 1.807) is 0 Å². The Hall–Kier alpha value is -2.03. The summed E-state index contributed by atoms with van der Waals surface area (Å²) in [5.41, 5.74) is 5.40. The number of carbonyl (C=O) groups excluding carboxylic acids is 2. The van der Waals surface area contributed by atoms with E-state index in [1.807, 2.05) is 0 Å². The van der Waals surface area contributed by atoms with Crippen LogP contribution in [0.25, 0.3) is 0 Å². The third kappa shape index (κ3) is 65.0. The van der Waals surface area contributed by atoms with Crippen molar-refractivity contribution in [3.05, 3.63) is 48.6 Å². The number of unbranched alkanes of at least 4 members (excludes halogenated alkanes) is 44. The summed E-state index contributed by atoms with van der Waals surface area (Å²) < 4.78 is 33.2. The SMILES string of the molecule is CC/C=C\C/C=C\C/C=C\C/C=C\CCCCCCCCCCCCCCCCCCCCCCCCC(=O)OC(COC(=O)CCCCCCCCCCCCCCCCCCCCCCCCC)COP(=O)(O)OCCN. The van der Waals surface area contributed by atoms with E-state index in [9.17, 15) is 19.0 Å². The van der Waals surface area contributed by atoms with Crippen LogP contribution in [0.1, 0.15) is 348 Å². The fraction of sp³-hybridized carbons (Fsp3) is 0.855. The molecule has 9 nitrogen and oxygen atoms in total. The fourth-order valence-electron chi connectivity index (χ4n) is 10.2. The molecule has 79 heavy (non-hydrogen) atoms. The van der Waals surface area contributed by atoms with Crippen LogP contribution in [0.2, 0.25) is 0 Å². The molecule has 0 aliphatic rings. The minimum absolute atomic E-state index is 0.0561. The Bertz CT molecular complexity index is 1430. The number of allylic oxidation sites excluding steroid dienone is 8. The van der Waals surface area contributed by atoms with Crippen LogP contribution in [0.4, 0.5) is 0 Å². The number of phosphoric acid groups is 1. The van der Waals surface area contributed by atoms with E-state index >= 15 is 0 Å². The molecule has 0 aromatic heterocycles. The molecule has 0 saturated carbocycles. The first-order valence-electron chi connectivity index (χ1n) is 34.1. The van der Waals surface area contributed by atoms with Gasteiger partial charge in [-0.15, -0.1) is 0 Å². The van der Waals surface area contributed by atoms with Crippen LogP contribution in [0.3, 0.4) is 0 Å². The standard InChI is InChI=1S/C69H130NO8P/c1-3-5-7-9-11-13-15-17-19-21-23-25-27-28-29-30-31-32-33-34-35-36-37-38-40-42-44-46-48-50-52-54-56-58-60-62-69(72)78-67(66-77-79(73,74)76-64-63-70)65-75-68(71)61-59-57-55-53-51-49-47-45-43-41-39-26-24-22-20-18-16-14-12-10-8-6-4-2/h5,7,11,13,17,19,23,25,67H,3-4,6,8-10,12,14-16,18,20-22,24,26-66,70H2,1-2H3,(H,73,74)/b7-5-,13-11-,19-17-,25-23-. The second-order valence-electron chi connectivity index (χ2n) is 23.0. The highest BCUT2D eigenvalue weighted by atomic mass is 31.2. The number of esters is 2. The normalized spacial score (nSPS) is 13.2. The Morgan fingerprint density at radius 3 is 1.04 bits per heavy atom. The Morgan fingerprint density at radius 2 is 0.696 bits per heavy atom. The van der Waals surface area contributed by atoms with E-state index in [0.29, 0.717) is 6.42 Å². The van der Waals surface area contributed by atoms with Gasteiger partial charge < -0.3 is 20.1 Å². The minimum atomic E-state index is -4.39. The highest BCUT2D eigenvalue weighted by molar-refractivity contribution is 7.47. The average Bonchev–Trinajstić information content (AvgIpc) is 3.44. The van der Waals surface area contributed by atoms with E-state index in [1.165, 1.54) is 257 Å². The van der Waals surface area contributed by atoms with Crippen molar-refractivity contribution in [1.29, 1.82) is 0 Å². The van der Waals surface area contributed by atoms with Crippen molar-refractivity contribution in [2.45, 2.75) is 354 Å². The molecule has 0 aromatic carbocycles. The quantitative estimate of drug-likeness (QED) is 0.0264. The molecule has 0 rings (SSSR count). The van der Waals surface area contributed by atoms with Crippen molar-refractivity contribution in [3.8, 4) is 0 Å². The predicted octanol–water partition coefficient (Wildman–Crippen LogP) is 22.1. The number of nitrogens with two attached hydrogens (primary N) is 1. The van der Waals surface area contributed by atoms with Gasteiger partial charge >= 0.3 is 19.8 Å². The summed E-state index contributed by atoms with van der Waals surface area (Å²) in [6.45, 7) is 3.70. The van der Waals surface area contributed by atoms with Gasteiger partial charge in [0.25, 0.3) is 0 Å². The highest BCUT2D eigenvalue weighted by Crippen LogP contribution is 2.43. The third-order valence-corrected chi connectivity index (χ3v) is 16.2. The summed E-state index contributed by atoms with van der Waals surface area (Å²) in [5.74, 6) is -0.805. The molecule has 0 aromatic rings. The van der Waals surface area contributed by atoms with Gasteiger partial charge in [-0.2, -0.15) is 0 Å². The van der Waals surface area contributed by atoms with Gasteiger partial charge in [0.2, 0.25) is 0 Å². The topological polar surface area (TPSA) is 134 Å². The van der Waals surface area contributed by atoms with Crippen molar-refractivity contribution < 1.29 is 37.6 Å². The molecule has 0 saturated heterocycles. The lowest BCUT2D eigenvalue weighted by Crippen LogP contribution is -2.29. The van der Waals surface area contributed by atoms with Crippen LogP contribution in [-0.2, 0) is 32.7 Å². The van der Waals surface area contributed by atoms with Gasteiger partial charge in [-0.3, -0.25) is 18.6 Å². The molecule has 0 amide bonds. The summed E-state index contributed by atoms with van der Waals surface area (Å²) in [7, 11) is -4.39. The predicted molar refractivity (Wildman–Crippen MR) is 340 cm³/mol. The van der Waals surface area contributed by atoms with E-state index in [4.69, 9.17) is 24.3 Å². The van der Waals surface area contributed by atoms with Crippen molar-refractivity contribution in [1.82, 2.24) is 0 Å². The van der Waals surface area contributed by atoms with Gasteiger partial charge in [0, 0.05) is 19.4 Å². The largest absolute Gasteiger partial charge is 0.472 e. The smallest absolute Gasteiger partial charge is 0.462 e. The molecule has 0 fully saturated rings. The monoisotopic (exact) mass is 1130 g/mol. The Labute approximate surface area is 489 Å².